The second-order valence-corrected chi connectivity index (χ2v) is 10.1. The fourth-order valence-corrected chi connectivity index (χ4v) is 5.42. The van der Waals surface area contributed by atoms with Crippen LogP contribution >= 0.6 is 23.2 Å². The summed E-state index contributed by atoms with van der Waals surface area (Å²) in [6.45, 7) is 7.25. The molecule has 0 spiro atoms. The van der Waals surface area contributed by atoms with E-state index in [-0.39, 0.29) is 12.6 Å². The maximum absolute atomic E-state index is 11.1. The Kier molecular flexibility index (Phi) is 7.60. The van der Waals surface area contributed by atoms with Gasteiger partial charge in [-0.3, -0.25) is 9.69 Å². The van der Waals surface area contributed by atoms with E-state index in [2.05, 4.69) is 15.2 Å². The Bertz CT molecular complexity index is 1080. The van der Waals surface area contributed by atoms with Crippen molar-refractivity contribution in [2.75, 3.05) is 42.9 Å². The quantitative estimate of drug-likeness (QED) is 0.451. The molecule has 0 saturated carbocycles. The molecule has 4 rings (SSSR count). The van der Waals surface area contributed by atoms with Crippen molar-refractivity contribution >= 4 is 46.5 Å². The van der Waals surface area contributed by atoms with E-state index in [1.165, 1.54) is 0 Å². The Labute approximate surface area is 209 Å². The van der Waals surface area contributed by atoms with E-state index in [1.54, 1.807) is 25.3 Å². The number of carboxylic acids is 1. The molecular weight excluding hydrogens is 475 g/mol. The van der Waals surface area contributed by atoms with Crippen LogP contribution in [0, 0.1) is 17.2 Å². The van der Waals surface area contributed by atoms with Gasteiger partial charge in [0.05, 0.1) is 24.5 Å². The number of carbonyl (C=O) groups is 1. The number of piperidine rings is 1. The number of nitrogens with one attached hydrogen (secondary N) is 2. The van der Waals surface area contributed by atoms with Crippen LogP contribution in [0.4, 0.5) is 11.6 Å². The maximum atomic E-state index is 11.1. The molecule has 2 aliphatic heterocycles. The molecule has 2 unspecified atom stereocenters. The average molecular weight is 505 g/mol. The van der Waals surface area contributed by atoms with E-state index < -0.39 is 5.97 Å². The van der Waals surface area contributed by atoms with Crippen molar-refractivity contribution < 1.29 is 9.90 Å². The summed E-state index contributed by atoms with van der Waals surface area (Å²) in [5.41, 5.74) is 1.73. The first-order valence-corrected chi connectivity index (χ1v) is 12.3. The number of halogens is 2. The number of aromatic nitrogens is 2. The molecule has 0 radical (unpaired) electrons. The number of anilines is 2. The van der Waals surface area contributed by atoms with Gasteiger partial charge in [-0.15, -0.1) is 0 Å². The molecule has 0 amide bonds. The van der Waals surface area contributed by atoms with Gasteiger partial charge in [-0.25, -0.2) is 9.97 Å². The van der Waals surface area contributed by atoms with Crippen LogP contribution in [0.15, 0.2) is 24.4 Å². The van der Waals surface area contributed by atoms with Gasteiger partial charge in [0, 0.05) is 29.7 Å². The van der Waals surface area contributed by atoms with Gasteiger partial charge in [0.1, 0.15) is 11.5 Å². The Hall–Kier alpha value is -2.42. The molecule has 1 aromatic heterocycles. The molecule has 0 bridgehead atoms. The van der Waals surface area contributed by atoms with Crippen LogP contribution in [-0.2, 0) is 4.79 Å². The molecule has 2 aliphatic rings. The fraction of sp³-hybridized carbons (Fsp3) is 0.500. The monoisotopic (exact) mass is 504 g/mol. The van der Waals surface area contributed by atoms with E-state index >= 15 is 0 Å². The fourth-order valence-electron chi connectivity index (χ4n) is 4.85. The highest BCUT2D eigenvalue weighted by Crippen LogP contribution is 2.34. The smallest absolute Gasteiger partial charge is 0.317 e. The first-order chi connectivity index (χ1) is 16.2. The van der Waals surface area contributed by atoms with Crippen LogP contribution in [0.2, 0.25) is 10.0 Å². The largest absolute Gasteiger partial charge is 0.480 e. The predicted octanol–water partition coefficient (Wildman–Crippen LogP) is 4.58. The lowest BCUT2D eigenvalue weighted by Crippen LogP contribution is -2.54. The van der Waals surface area contributed by atoms with Crippen LogP contribution in [-0.4, -0.2) is 64.4 Å². The van der Waals surface area contributed by atoms with Crippen molar-refractivity contribution in [2.45, 2.75) is 32.7 Å². The number of carboxylic acid groups (broad SMARTS) is 1. The summed E-state index contributed by atoms with van der Waals surface area (Å²) in [7, 11) is 0. The summed E-state index contributed by atoms with van der Waals surface area (Å²) in [6.07, 6.45) is 3.91. The molecule has 2 fully saturated rings. The lowest BCUT2D eigenvalue weighted by molar-refractivity contribution is -0.138. The highest BCUT2D eigenvalue weighted by Gasteiger charge is 2.37. The van der Waals surface area contributed by atoms with Gasteiger partial charge in [0.15, 0.2) is 5.82 Å². The zero-order chi connectivity index (χ0) is 24.4. The van der Waals surface area contributed by atoms with Gasteiger partial charge in [-0.2, -0.15) is 0 Å². The van der Waals surface area contributed by atoms with Crippen LogP contribution < -0.4 is 10.2 Å². The van der Waals surface area contributed by atoms with Gasteiger partial charge in [0.2, 0.25) is 0 Å². The third kappa shape index (κ3) is 5.62. The molecular formula is C24H30Cl2N6O2. The standard InChI is InChI=1S/C24H30Cl2N6O2/c1-14(27)23-24(29-15(2)19-6-5-18(25)8-20(19)26)30-21(9-28-23)32-11-17(12-32)16-4-3-7-31(10-16)13-22(33)34/h5-6,8-9,15-17,27H,3-4,7,10-13H2,1-2H3,(H,29,30)(H,33,34). The zero-order valence-electron chi connectivity index (χ0n) is 19.4. The lowest BCUT2D eigenvalue weighted by atomic mass is 9.80. The minimum Gasteiger partial charge on any atom is -0.480 e. The Morgan fingerprint density at radius 1 is 1.29 bits per heavy atom. The molecule has 8 nitrogen and oxygen atoms in total. The summed E-state index contributed by atoms with van der Waals surface area (Å²) >= 11 is 12.4. The van der Waals surface area contributed by atoms with E-state index in [0.717, 1.165) is 50.4 Å². The number of hydrogen-bond donors (Lipinski definition) is 3. The lowest BCUT2D eigenvalue weighted by Gasteiger charge is -2.47. The van der Waals surface area contributed by atoms with Crippen LogP contribution in [0.3, 0.4) is 0 Å². The van der Waals surface area contributed by atoms with Crippen molar-refractivity contribution in [1.29, 1.82) is 5.41 Å². The summed E-state index contributed by atoms with van der Waals surface area (Å²) in [6, 6.07) is 5.24. The Balaban J connectivity index is 1.44. The minimum atomic E-state index is -0.762. The van der Waals surface area contributed by atoms with Crippen LogP contribution in [0.1, 0.15) is 44.0 Å². The van der Waals surface area contributed by atoms with Crippen LogP contribution in [0.5, 0.6) is 0 Å². The van der Waals surface area contributed by atoms with Gasteiger partial charge in [0.25, 0.3) is 0 Å². The first-order valence-electron chi connectivity index (χ1n) is 11.5. The third-order valence-corrected chi connectivity index (χ3v) is 7.26. The van der Waals surface area contributed by atoms with Crippen molar-refractivity contribution in [3.63, 3.8) is 0 Å². The number of nitrogens with zero attached hydrogens (tertiary/aromatic N) is 4. The molecule has 10 heteroatoms. The number of hydrogen-bond acceptors (Lipinski definition) is 7. The summed E-state index contributed by atoms with van der Waals surface area (Å²) in [4.78, 5) is 24.7. The van der Waals surface area contributed by atoms with Crippen molar-refractivity contribution in [3.8, 4) is 0 Å². The van der Waals surface area contributed by atoms with E-state index in [0.29, 0.717) is 39.1 Å². The molecule has 3 heterocycles. The molecule has 3 N–H and O–H groups in total. The highest BCUT2D eigenvalue weighted by atomic mass is 35.5. The number of rotatable bonds is 8. The number of benzene rings is 1. The van der Waals surface area contributed by atoms with Gasteiger partial charge >= 0.3 is 5.97 Å². The SMILES string of the molecule is CC(=N)c1ncc(N2CC(C3CCCN(CC(=O)O)C3)C2)nc1NC(C)c1ccc(Cl)cc1Cl. The third-order valence-electron chi connectivity index (χ3n) is 6.70. The minimum absolute atomic E-state index is 0.119. The van der Waals surface area contributed by atoms with Crippen molar-refractivity contribution in [1.82, 2.24) is 14.9 Å². The summed E-state index contributed by atoms with van der Waals surface area (Å²) in [5.74, 6) is 1.59. The molecule has 34 heavy (non-hydrogen) atoms. The highest BCUT2D eigenvalue weighted by molar-refractivity contribution is 6.35. The first kappa shape index (κ1) is 24.7. The molecule has 1 aromatic carbocycles. The number of likely N-dealkylation sites (tertiary alicyclic amines) is 1. The molecule has 2 saturated heterocycles. The average Bonchev–Trinajstić information content (AvgIpc) is 2.72. The predicted molar refractivity (Wildman–Crippen MR) is 136 cm³/mol. The van der Waals surface area contributed by atoms with Crippen molar-refractivity contribution in [2.24, 2.45) is 11.8 Å². The summed E-state index contributed by atoms with van der Waals surface area (Å²) in [5, 5.41) is 21.7. The zero-order valence-corrected chi connectivity index (χ0v) is 20.9. The Morgan fingerprint density at radius 3 is 2.74 bits per heavy atom. The Morgan fingerprint density at radius 2 is 2.06 bits per heavy atom. The second kappa shape index (κ2) is 10.5. The molecule has 2 aromatic rings. The molecule has 0 aliphatic carbocycles. The van der Waals surface area contributed by atoms with E-state index in [1.807, 2.05) is 17.9 Å². The van der Waals surface area contributed by atoms with Crippen LogP contribution in [0.25, 0.3) is 0 Å². The summed E-state index contributed by atoms with van der Waals surface area (Å²) < 4.78 is 0. The topological polar surface area (TPSA) is 105 Å². The second-order valence-electron chi connectivity index (χ2n) is 9.28. The van der Waals surface area contributed by atoms with Crippen molar-refractivity contribution in [3.05, 3.63) is 45.7 Å². The molecule has 2 atom stereocenters. The molecule has 182 valence electrons. The normalized spacial score (nSPS) is 20.0. The van der Waals surface area contributed by atoms with Gasteiger partial charge in [-0.1, -0.05) is 29.3 Å². The van der Waals surface area contributed by atoms with E-state index in [9.17, 15) is 4.79 Å². The van der Waals surface area contributed by atoms with Gasteiger partial charge in [-0.05, 0) is 62.8 Å². The number of aliphatic carboxylic acids is 1. The van der Waals surface area contributed by atoms with E-state index in [4.69, 9.17) is 38.7 Å². The van der Waals surface area contributed by atoms with Gasteiger partial charge < -0.3 is 20.7 Å². The maximum Gasteiger partial charge on any atom is 0.317 e.